The van der Waals surface area contributed by atoms with Gasteiger partial charge in [0.05, 0.1) is 0 Å². The highest BCUT2D eigenvalue weighted by Crippen LogP contribution is 2.24. The number of rotatable bonds is 4. The number of hydrogen-bond acceptors (Lipinski definition) is 2. The molecule has 0 bridgehead atoms. The molecule has 1 N–H and O–H groups in total. The number of nitrogens with zero attached hydrogens (tertiary/aromatic N) is 1. The second-order valence-electron chi connectivity index (χ2n) is 3.24. The van der Waals surface area contributed by atoms with Crippen molar-refractivity contribution in [3.8, 4) is 0 Å². The molecule has 7 heteroatoms. The van der Waals surface area contributed by atoms with E-state index in [9.17, 15) is 17.6 Å². The highest BCUT2D eigenvalue weighted by Gasteiger charge is 2.40. The molecular weight excluding hydrogens is 232 g/mol. The Morgan fingerprint density at radius 1 is 1.60 bits per heavy atom. The fourth-order valence-corrected chi connectivity index (χ4v) is 2.08. The average molecular weight is 244 g/mol. The summed E-state index contributed by atoms with van der Waals surface area (Å²) in [5.41, 5.74) is 0. The molecule has 0 aliphatic carbocycles. The first kappa shape index (κ1) is 12.6. The van der Waals surface area contributed by atoms with E-state index in [0.29, 0.717) is 5.17 Å². The Labute approximate surface area is 89.5 Å². The first-order valence-corrected chi connectivity index (χ1v) is 5.54. The van der Waals surface area contributed by atoms with Crippen LogP contribution in [0.25, 0.3) is 0 Å². The monoisotopic (exact) mass is 244 g/mol. The topological polar surface area (TPSA) is 24.4 Å². The van der Waals surface area contributed by atoms with Gasteiger partial charge in [0.1, 0.15) is 6.54 Å². The Balaban J connectivity index is 2.45. The Kier molecular flexibility index (Phi) is 4.24. The van der Waals surface area contributed by atoms with E-state index in [1.54, 1.807) is 0 Å². The van der Waals surface area contributed by atoms with Gasteiger partial charge in [-0.05, 0) is 6.42 Å². The van der Waals surface area contributed by atoms with Crippen LogP contribution in [0.15, 0.2) is 4.99 Å². The van der Waals surface area contributed by atoms with Gasteiger partial charge in [0, 0.05) is 11.8 Å². The van der Waals surface area contributed by atoms with Gasteiger partial charge in [0.25, 0.3) is 0 Å². The van der Waals surface area contributed by atoms with Crippen LogP contribution in [-0.4, -0.2) is 35.9 Å². The van der Waals surface area contributed by atoms with E-state index in [2.05, 4.69) is 10.3 Å². The van der Waals surface area contributed by atoms with E-state index in [-0.39, 0.29) is 6.04 Å². The number of hydrogen-bond donors (Lipinski definition) is 1. The molecule has 0 radical (unpaired) electrons. The molecule has 1 aliphatic heterocycles. The number of thioether (sulfide) groups is 1. The van der Waals surface area contributed by atoms with Crippen LogP contribution in [0, 0.1) is 0 Å². The molecule has 1 heterocycles. The van der Waals surface area contributed by atoms with Gasteiger partial charge in [0.15, 0.2) is 5.17 Å². The fraction of sp³-hybridized carbons (Fsp3) is 0.875. The summed E-state index contributed by atoms with van der Waals surface area (Å²) in [7, 11) is 0. The van der Waals surface area contributed by atoms with Crippen molar-refractivity contribution in [3.05, 3.63) is 0 Å². The summed E-state index contributed by atoms with van der Waals surface area (Å²) in [6.45, 7) is 0.797. The van der Waals surface area contributed by atoms with Crippen LogP contribution < -0.4 is 5.32 Å². The van der Waals surface area contributed by atoms with Crippen molar-refractivity contribution in [2.24, 2.45) is 4.99 Å². The number of amidine groups is 1. The molecule has 0 aromatic heterocycles. The Morgan fingerprint density at radius 3 is 2.73 bits per heavy atom. The zero-order valence-electron chi connectivity index (χ0n) is 8.14. The van der Waals surface area contributed by atoms with E-state index in [4.69, 9.17) is 0 Å². The van der Waals surface area contributed by atoms with Crippen LogP contribution in [0.2, 0.25) is 0 Å². The summed E-state index contributed by atoms with van der Waals surface area (Å²) < 4.78 is 48.5. The molecule has 1 unspecified atom stereocenters. The van der Waals surface area contributed by atoms with Crippen molar-refractivity contribution in [2.45, 2.75) is 31.7 Å². The van der Waals surface area contributed by atoms with Crippen LogP contribution in [0.5, 0.6) is 0 Å². The van der Waals surface area contributed by atoms with Gasteiger partial charge in [-0.2, -0.15) is 8.78 Å². The summed E-state index contributed by atoms with van der Waals surface area (Å²) in [6.07, 6.45) is -2.80. The number of nitrogens with one attached hydrogen (secondary N) is 1. The largest absolute Gasteiger partial charge is 0.361 e. The first-order valence-electron chi connectivity index (χ1n) is 4.55. The minimum absolute atomic E-state index is 0.203. The summed E-state index contributed by atoms with van der Waals surface area (Å²) in [4.78, 5) is 3.45. The molecule has 0 saturated carbocycles. The number of aliphatic imine (C=N–C) groups is 1. The molecule has 2 nitrogen and oxygen atoms in total. The molecule has 1 fully saturated rings. The summed E-state index contributed by atoms with van der Waals surface area (Å²) in [6, 6.07) is 0.203. The van der Waals surface area contributed by atoms with Crippen molar-refractivity contribution in [2.75, 3.05) is 12.3 Å². The third-order valence-electron chi connectivity index (χ3n) is 1.99. The van der Waals surface area contributed by atoms with E-state index >= 15 is 0 Å². The van der Waals surface area contributed by atoms with Crippen LogP contribution in [0.1, 0.15) is 13.3 Å². The van der Waals surface area contributed by atoms with E-state index in [1.165, 1.54) is 11.8 Å². The highest BCUT2D eigenvalue weighted by molar-refractivity contribution is 8.14. The lowest BCUT2D eigenvalue weighted by atomic mass is 10.3. The molecule has 0 amide bonds. The summed E-state index contributed by atoms with van der Waals surface area (Å²) in [5, 5.41) is 3.22. The molecule has 1 atom stereocenters. The molecule has 1 aliphatic rings. The second kappa shape index (κ2) is 5.05. The zero-order chi connectivity index (χ0) is 11.5. The highest BCUT2D eigenvalue weighted by atomic mass is 32.2. The maximum Gasteiger partial charge on any atom is 0.326 e. The van der Waals surface area contributed by atoms with Gasteiger partial charge < -0.3 is 5.32 Å². The lowest BCUT2D eigenvalue weighted by molar-refractivity contribution is -0.119. The van der Waals surface area contributed by atoms with Crippen LogP contribution >= 0.6 is 11.8 Å². The Morgan fingerprint density at radius 2 is 2.27 bits per heavy atom. The number of alkyl halides is 4. The third-order valence-corrected chi connectivity index (χ3v) is 3.08. The van der Waals surface area contributed by atoms with Gasteiger partial charge >= 0.3 is 12.3 Å². The molecule has 15 heavy (non-hydrogen) atoms. The van der Waals surface area contributed by atoms with Crippen molar-refractivity contribution in [1.82, 2.24) is 5.32 Å². The second-order valence-corrected chi connectivity index (χ2v) is 4.25. The van der Waals surface area contributed by atoms with Gasteiger partial charge in [-0.1, -0.05) is 18.7 Å². The summed E-state index contributed by atoms with van der Waals surface area (Å²) >= 11 is 1.29. The maximum atomic E-state index is 12.5. The SMILES string of the molecule is CCC1CSC(=NCC(F)(F)C(F)F)N1. The van der Waals surface area contributed by atoms with Crippen LogP contribution in [0.3, 0.4) is 0 Å². The maximum absolute atomic E-state index is 12.5. The number of halogens is 4. The van der Waals surface area contributed by atoms with E-state index < -0.39 is 18.9 Å². The van der Waals surface area contributed by atoms with Crippen molar-refractivity contribution in [3.63, 3.8) is 0 Å². The molecule has 1 rings (SSSR count). The summed E-state index contributed by atoms with van der Waals surface area (Å²) in [5.74, 6) is -3.28. The lowest BCUT2D eigenvalue weighted by Gasteiger charge is -2.12. The Hall–Kier alpha value is -0.460. The minimum atomic E-state index is -4.03. The third kappa shape index (κ3) is 3.55. The standard InChI is InChI=1S/C8H12F4N2S/c1-2-5-3-15-7(14-5)13-4-8(11,12)6(9)10/h5-6H,2-4H2,1H3,(H,13,14). The van der Waals surface area contributed by atoms with Crippen molar-refractivity contribution < 1.29 is 17.6 Å². The van der Waals surface area contributed by atoms with Crippen LogP contribution in [0.4, 0.5) is 17.6 Å². The lowest BCUT2D eigenvalue weighted by Crippen LogP contribution is -2.32. The van der Waals surface area contributed by atoms with Crippen LogP contribution in [-0.2, 0) is 0 Å². The van der Waals surface area contributed by atoms with Crippen molar-refractivity contribution in [1.29, 1.82) is 0 Å². The van der Waals surface area contributed by atoms with E-state index in [0.717, 1.165) is 12.2 Å². The zero-order valence-corrected chi connectivity index (χ0v) is 8.96. The van der Waals surface area contributed by atoms with E-state index in [1.807, 2.05) is 6.92 Å². The van der Waals surface area contributed by atoms with Gasteiger partial charge in [-0.15, -0.1) is 0 Å². The molecule has 0 aromatic rings. The van der Waals surface area contributed by atoms with Gasteiger partial charge in [-0.3, -0.25) is 4.99 Å². The normalized spacial score (nSPS) is 24.9. The minimum Gasteiger partial charge on any atom is -0.361 e. The molecule has 1 saturated heterocycles. The predicted octanol–water partition coefficient (Wildman–Crippen LogP) is 2.36. The quantitative estimate of drug-likeness (QED) is 0.768. The molecular formula is C8H12F4N2S. The van der Waals surface area contributed by atoms with Gasteiger partial charge in [0.2, 0.25) is 0 Å². The predicted molar refractivity (Wildman–Crippen MR) is 52.9 cm³/mol. The Bertz CT molecular complexity index is 245. The fourth-order valence-electron chi connectivity index (χ4n) is 0.995. The smallest absolute Gasteiger partial charge is 0.326 e. The first-order chi connectivity index (χ1) is 6.95. The molecule has 0 spiro atoms. The molecule has 0 aromatic carbocycles. The molecule has 88 valence electrons. The van der Waals surface area contributed by atoms with Gasteiger partial charge in [-0.25, -0.2) is 8.78 Å². The van der Waals surface area contributed by atoms with Crippen molar-refractivity contribution >= 4 is 16.9 Å². The average Bonchev–Trinajstić information content (AvgIpc) is 2.62.